The molecular formula is C5H6O2W. The minimum absolute atomic E-state index is 0.308. The van der Waals surface area contributed by atoms with Gasteiger partial charge in [-0.3, -0.25) is 0 Å². The van der Waals surface area contributed by atoms with Crippen LogP contribution in [0.25, 0.3) is 0 Å². The van der Waals surface area contributed by atoms with Gasteiger partial charge in [0.15, 0.2) is 0 Å². The first-order chi connectivity index (χ1) is 3.77. The summed E-state index contributed by atoms with van der Waals surface area (Å²) in [4.78, 5) is 0. The third-order valence-electron chi connectivity index (χ3n) is 0.436. The summed E-state index contributed by atoms with van der Waals surface area (Å²) in [5.74, 6) is 0. The molecule has 0 aromatic carbocycles. The Labute approximate surface area is 58.6 Å². The molecule has 0 saturated heterocycles. The predicted octanol–water partition coefficient (Wildman–Crippen LogP) is 0.663. The topological polar surface area (TPSA) is 40.5 Å². The van der Waals surface area contributed by atoms with Gasteiger partial charge >= 0.3 is 58.1 Å². The number of hydrogen-bond donors (Lipinski definition) is 2. The van der Waals surface area contributed by atoms with E-state index in [1.807, 2.05) is 0 Å². The Kier molecular flexibility index (Phi) is 4.82. The predicted molar refractivity (Wildman–Crippen MR) is 27.9 cm³/mol. The number of aliphatic hydroxyl groups is 2. The van der Waals surface area contributed by atoms with E-state index in [4.69, 9.17) is 10.2 Å². The van der Waals surface area contributed by atoms with Crippen molar-refractivity contribution < 1.29 is 29.6 Å². The second-order valence-corrected chi connectivity index (χ2v) is 2.54. The fourth-order valence-corrected chi connectivity index (χ4v) is 0.470. The minimum atomic E-state index is 0.308. The van der Waals surface area contributed by atoms with Gasteiger partial charge in [-0.15, -0.1) is 0 Å². The molecule has 8 heavy (non-hydrogen) atoms. The zero-order valence-electron chi connectivity index (χ0n) is 4.11. The normalized spacial score (nSPS) is 11.1. The Morgan fingerprint density at radius 1 is 1.38 bits per heavy atom. The molecule has 0 radical (unpaired) electrons. The van der Waals surface area contributed by atoms with E-state index in [2.05, 4.69) is 0 Å². The van der Waals surface area contributed by atoms with Gasteiger partial charge in [0.25, 0.3) is 0 Å². The second-order valence-electron chi connectivity index (χ2n) is 1.04. The van der Waals surface area contributed by atoms with Crippen molar-refractivity contribution in [3.8, 4) is 0 Å². The van der Waals surface area contributed by atoms with Crippen molar-refractivity contribution in [1.82, 2.24) is 0 Å². The van der Waals surface area contributed by atoms with Crippen molar-refractivity contribution >= 4 is 4.08 Å². The van der Waals surface area contributed by atoms with Gasteiger partial charge < -0.3 is 0 Å². The Bertz CT molecular complexity index is 126. The fraction of sp³-hybridized carbons (Fsp3) is 0. The first-order valence-corrected chi connectivity index (χ1v) is 3.44. The monoisotopic (exact) mass is 282 g/mol. The SMILES string of the molecule is OC=CC=C[C](O)=[W]. The molecule has 44 valence electrons. The van der Waals surface area contributed by atoms with Crippen molar-refractivity contribution in [3.05, 3.63) is 24.5 Å². The van der Waals surface area contributed by atoms with Crippen LogP contribution >= 0.6 is 0 Å². The molecular weight excluding hydrogens is 276 g/mol. The van der Waals surface area contributed by atoms with Gasteiger partial charge in [-0.2, -0.15) is 0 Å². The first-order valence-electron chi connectivity index (χ1n) is 1.97. The van der Waals surface area contributed by atoms with Crippen molar-refractivity contribution in [2.24, 2.45) is 0 Å². The number of rotatable bonds is 2. The molecule has 0 aromatic heterocycles. The van der Waals surface area contributed by atoms with Crippen molar-refractivity contribution in [2.75, 3.05) is 0 Å². The van der Waals surface area contributed by atoms with Crippen LogP contribution in [-0.2, 0) is 19.4 Å². The Hall–Kier alpha value is -0.202. The number of allylic oxidation sites excluding steroid dienone is 2. The third-order valence-corrected chi connectivity index (χ3v) is 0.925. The summed E-state index contributed by atoms with van der Waals surface area (Å²) in [6.07, 6.45) is 5.42. The van der Waals surface area contributed by atoms with Gasteiger partial charge in [0, 0.05) is 0 Å². The van der Waals surface area contributed by atoms with E-state index in [-0.39, 0.29) is 0 Å². The Morgan fingerprint density at radius 3 is 2.38 bits per heavy atom. The van der Waals surface area contributed by atoms with E-state index >= 15 is 0 Å². The van der Waals surface area contributed by atoms with Gasteiger partial charge in [0.2, 0.25) is 0 Å². The van der Waals surface area contributed by atoms with Crippen LogP contribution < -0.4 is 0 Å². The zero-order valence-corrected chi connectivity index (χ0v) is 7.05. The van der Waals surface area contributed by atoms with Gasteiger partial charge in [0.1, 0.15) is 0 Å². The van der Waals surface area contributed by atoms with Gasteiger partial charge in [-0.25, -0.2) is 0 Å². The Morgan fingerprint density at radius 2 is 2.00 bits per heavy atom. The maximum absolute atomic E-state index is 8.53. The zero-order chi connectivity index (χ0) is 6.41. The van der Waals surface area contributed by atoms with Crippen LogP contribution in [0, 0.1) is 0 Å². The summed E-state index contributed by atoms with van der Waals surface area (Å²) < 4.78 is 0.308. The summed E-state index contributed by atoms with van der Waals surface area (Å²) >= 11 is 1.02. The van der Waals surface area contributed by atoms with Gasteiger partial charge in [-0.1, -0.05) is 0 Å². The molecule has 0 atom stereocenters. The van der Waals surface area contributed by atoms with E-state index in [1.165, 1.54) is 12.2 Å². The summed E-state index contributed by atoms with van der Waals surface area (Å²) in [5, 5.41) is 16.6. The molecule has 0 saturated carbocycles. The van der Waals surface area contributed by atoms with Crippen LogP contribution in [0.15, 0.2) is 24.5 Å². The van der Waals surface area contributed by atoms with Crippen LogP contribution in [-0.4, -0.2) is 14.3 Å². The molecule has 0 aliphatic rings. The molecule has 0 heterocycles. The first kappa shape index (κ1) is 7.80. The van der Waals surface area contributed by atoms with Gasteiger partial charge in [0.05, 0.1) is 0 Å². The van der Waals surface area contributed by atoms with E-state index in [1.54, 1.807) is 6.08 Å². The molecule has 0 aliphatic heterocycles. The molecule has 0 unspecified atom stereocenters. The van der Waals surface area contributed by atoms with Crippen LogP contribution in [0.4, 0.5) is 0 Å². The summed E-state index contributed by atoms with van der Waals surface area (Å²) in [6, 6.07) is 0. The average Bonchev–Trinajstić information content (AvgIpc) is 1.66. The van der Waals surface area contributed by atoms with Crippen LogP contribution in [0.1, 0.15) is 0 Å². The quantitative estimate of drug-likeness (QED) is 0.577. The molecule has 0 spiro atoms. The standard InChI is InChI=1S/C5H6O2.W/c6-4-2-1-3-5-7;/h1-4,6-7H;. The third kappa shape index (κ3) is 5.80. The van der Waals surface area contributed by atoms with E-state index in [0.29, 0.717) is 4.08 Å². The van der Waals surface area contributed by atoms with E-state index in [9.17, 15) is 0 Å². The van der Waals surface area contributed by atoms with Gasteiger partial charge in [-0.05, 0) is 0 Å². The second kappa shape index (κ2) is 4.95. The molecule has 3 heteroatoms. The number of aliphatic hydroxyl groups excluding tert-OH is 2. The molecule has 2 N–H and O–H groups in total. The number of hydrogen-bond acceptors (Lipinski definition) is 2. The van der Waals surface area contributed by atoms with Crippen molar-refractivity contribution in [3.63, 3.8) is 0 Å². The fourth-order valence-electron chi connectivity index (χ4n) is 0.188. The molecule has 0 fully saturated rings. The molecule has 0 rings (SSSR count). The van der Waals surface area contributed by atoms with Crippen LogP contribution in [0.3, 0.4) is 0 Å². The summed E-state index contributed by atoms with van der Waals surface area (Å²) in [6.45, 7) is 0. The summed E-state index contributed by atoms with van der Waals surface area (Å²) in [7, 11) is 0. The Balaban J connectivity index is 3.50. The van der Waals surface area contributed by atoms with E-state index < -0.39 is 0 Å². The molecule has 0 aromatic rings. The average molecular weight is 282 g/mol. The van der Waals surface area contributed by atoms with Crippen molar-refractivity contribution in [2.45, 2.75) is 0 Å². The van der Waals surface area contributed by atoms with Crippen LogP contribution in [0.2, 0.25) is 0 Å². The van der Waals surface area contributed by atoms with E-state index in [0.717, 1.165) is 25.6 Å². The molecule has 0 amide bonds. The van der Waals surface area contributed by atoms with Crippen molar-refractivity contribution in [1.29, 1.82) is 0 Å². The summed E-state index contributed by atoms with van der Waals surface area (Å²) in [5.41, 5.74) is 0. The van der Waals surface area contributed by atoms with Crippen LogP contribution in [0.5, 0.6) is 0 Å². The maximum atomic E-state index is 8.53. The molecule has 0 bridgehead atoms. The molecule has 0 aliphatic carbocycles. The molecule has 2 nitrogen and oxygen atoms in total.